The highest BCUT2D eigenvalue weighted by Gasteiger charge is 2.35. The maximum absolute atomic E-state index is 14.4. The topological polar surface area (TPSA) is 49.0 Å². The molecule has 2 aromatic heterocycles. The van der Waals surface area contributed by atoms with Crippen molar-refractivity contribution < 1.29 is 26.7 Å². The van der Waals surface area contributed by atoms with Gasteiger partial charge in [-0.3, -0.25) is 4.79 Å². The summed E-state index contributed by atoms with van der Waals surface area (Å²) in [6, 6.07) is 3.92. The van der Waals surface area contributed by atoms with Gasteiger partial charge in [-0.15, -0.1) is 0 Å². The molecule has 1 aliphatic heterocycles. The number of nitrogens with one attached hydrogen (secondary N) is 1. The van der Waals surface area contributed by atoms with Gasteiger partial charge in [0.2, 0.25) is 0 Å². The zero-order valence-electron chi connectivity index (χ0n) is 15.1. The van der Waals surface area contributed by atoms with Gasteiger partial charge in [0.25, 0.3) is 5.91 Å². The molecule has 1 aliphatic rings. The molecule has 4 nitrogen and oxygen atoms in total. The number of H-pyrrole nitrogens is 1. The summed E-state index contributed by atoms with van der Waals surface area (Å²) < 4.78 is 66.2. The Kier molecular flexibility index (Phi) is 4.76. The Labute approximate surface area is 162 Å². The summed E-state index contributed by atoms with van der Waals surface area (Å²) >= 11 is 0. The number of likely N-dealkylation sites (tertiary alicyclic amines) is 1. The van der Waals surface area contributed by atoms with Gasteiger partial charge in [0.05, 0.1) is 11.8 Å². The average Bonchev–Trinajstić information content (AvgIpc) is 3.15. The molecule has 0 aliphatic carbocycles. The summed E-state index contributed by atoms with van der Waals surface area (Å²) in [5.41, 5.74) is -0.419. The normalized spacial score (nSPS) is 15.8. The fourth-order valence-electron chi connectivity index (χ4n) is 3.85. The van der Waals surface area contributed by atoms with E-state index in [2.05, 4.69) is 9.97 Å². The third-order valence-corrected chi connectivity index (χ3v) is 5.29. The van der Waals surface area contributed by atoms with E-state index in [0.717, 1.165) is 12.3 Å². The number of aromatic amines is 1. The van der Waals surface area contributed by atoms with Crippen LogP contribution in [0.15, 0.2) is 36.7 Å². The molecular formula is C20H16F5N3O. The lowest BCUT2D eigenvalue weighted by Gasteiger charge is -2.32. The van der Waals surface area contributed by atoms with Crippen LogP contribution in [0.25, 0.3) is 11.0 Å². The van der Waals surface area contributed by atoms with Crippen LogP contribution in [-0.4, -0.2) is 33.9 Å². The van der Waals surface area contributed by atoms with Crippen molar-refractivity contribution >= 4 is 16.9 Å². The van der Waals surface area contributed by atoms with Crippen molar-refractivity contribution in [1.29, 1.82) is 0 Å². The Morgan fingerprint density at radius 2 is 1.83 bits per heavy atom. The van der Waals surface area contributed by atoms with Crippen LogP contribution in [0, 0.1) is 11.6 Å². The lowest BCUT2D eigenvalue weighted by molar-refractivity contribution is -0.140. The third-order valence-electron chi connectivity index (χ3n) is 5.29. The van der Waals surface area contributed by atoms with E-state index in [9.17, 15) is 26.7 Å². The van der Waals surface area contributed by atoms with E-state index in [1.54, 1.807) is 12.3 Å². The number of alkyl halides is 3. The summed E-state index contributed by atoms with van der Waals surface area (Å²) in [6.07, 6.45) is -1.01. The van der Waals surface area contributed by atoms with E-state index in [-0.39, 0.29) is 11.5 Å². The van der Waals surface area contributed by atoms with Crippen LogP contribution in [0.5, 0.6) is 0 Å². The first-order valence-corrected chi connectivity index (χ1v) is 9.03. The fraction of sp³-hybridized carbons (Fsp3) is 0.300. The van der Waals surface area contributed by atoms with E-state index in [0.29, 0.717) is 54.7 Å². The van der Waals surface area contributed by atoms with E-state index >= 15 is 0 Å². The van der Waals surface area contributed by atoms with E-state index in [4.69, 9.17) is 0 Å². The Morgan fingerprint density at radius 1 is 1.10 bits per heavy atom. The number of fused-ring (bicyclic) bond motifs is 1. The van der Waals surface area contributed by atoms with Crippen molar-refractivity contribution in [3.05, 3.63) is 65.0 Å². The molecule has 0 saturated carbocycles. The highest BCUT2D eigenvalue weighted by atomic mass is 19.4. The zero-order chi connectivity index (χ0) is 20.8. The molecule has 152 valence electrons. The van der Waals surface area contributed by atoms with Crippen LogP contribution in [0.3, 0.4) is 0 Å². The standard InChI is InChI=1S/C20H16F5N3O/c21-15-9-12(1-2-14(15)20(23,24)25)19(29)28-7-4-11(5-8-28)17-13-3-6-26-18(13)27-10-16(17)22/h1-3,6,9-11H,4-5,7-8H2,(H,26,27). The number of amides is 1. The molecule has 0 bridgehead atoms. The number of piperidine rings is 1. The van der Waals surface area contributed by atoms with Gasteiger partial charge < -0.3 is 9.88 Å². The molecule has 1 N–H and O–H groups in total. The monoisotopic (exact) mass is 409 g/mol. The number of pyridine rings is 1. The minimum absolute atomic E-state index is 0.121. The second kappa shape index (κ2) is 7.13. The van der Waals surface area contributed by atoms with Crippen LogP contribution < -0.4 is 0 Å². The van der Waals surface area contributed by atoms with Gasteiger partial charge >= 0.3 is 6.18 Å². The summed E-state index contributed by atoms with van der Waals surface area (Å²) in [7, 11) is 0. The minimum Gasteiger partial charge on any atom is -0.346 e. The van der Waals surface area contributed by atoms with Crippen LogP contribution >= 0.6 is 0 Å². The smallest absolute Gasteiger partial charge is 0.346 e. The molecule has 1 saturated heterocycles. The predicted octanol–water partition coefficient (Wildman–Crippen LogP) is 4.88. The molecule has 3 heterocycles. The molecule has 4 rings (SSSR count). The fourth-order valence-corrected chi connectivity index (χ4v) is 3.85. The molecule has 0 atom stereocenters. The highest BCUT2D eigenvalue weighted by molar-refractivity contribution is 5.94. The lowest BCUT2D eigenvalue weighted by atomic mass is 9.87. The van der Waals surface area contributed by atoms with E-state index in [1.807, 2.05) is 0 Å². The number of halogens is 5. The first-order valence-electron chi connectivity index (χ1n) is 9.03. The van der Waals surface area contributed by atoms with Gasteiger partial charge in [-0.25, -0.2) is 13.8 Å². The van der Waals surface area contributed by atoms with Gasteiger partial charge in [-0.1, -0.05) is 0 Å². The van der Waals surface area contributed by atoms with E-state index in [1.165, 1.54) is 4.90 Å². The Bertz CT molecular complexity index is 1070. The molecule has 0 unspecified atom stereocenters. The van der Waals surface area contributed by atoms with Crippen molar-refractivity contribution in [2.24, 2.45) is 0 Å². The van der Waals surface area contributed by atoms with Gasteiger partial charge in [0.1, 0.15) is 17.3 Å². The van der Waals surface area contributed by atoms with Crippen molar-refractivity contribution in [3.63, 3.8) is 0 Å². The number of rotatable bonds is 2. The summed E-state index contributed by atoms with van der Waals surface area (Å²) in [6.45, 7) is 0.583. The van der Waals surface area contributed by atoms with Gasteiger partial charge in [0.15, 0.2) is 0 Å². The number of aromatic nitrogens is 2. The minimum atomic E-state index is -4.82. The molecule has 1 fully saturated rings. The van der Waals surface area contributed by atoms with Crippen molar-refractivity contribution in [3.8, 4) is 0 Å². The second-order valence-corrected chi connectivity index (χ2v) is 7.02. The molecule has 3 aromatic rings. The molecule has 0 radical (unpaired) electrons. The van der Waals surface area contributed by atoms with Crippen LogP contribution in [-0.2, 0) is 6.18 Å². The largest absolute Gasteiger partial charge is 0.419 e. The molecule has 0 spiro atoms. The van der Waals surface area contributed by atoms with E-state index < -0.39 is 29.3 Å². The Balaban J connectivity index is 1.50. The second-order valence-electron chi connectivity index (χ2n) is 7.02. The Hall–Kier alpha value is -2.97. The summed E-state index contributed by atoms with van der Waals surface area (Å²) in [5.74, 6) is -2.55. The number of nitrogens with zero attached hydrogens (tertiary/aromatic N) is 2. The summed E-state index contributed by atoms with van der Waals surface area (Å²) in [4.78, 5) is 21.0. The summed E-state index contributed by atoms with van der Waals surface area (Å²) in [5, 5.41) is 0.694. The molecule has 1 amide bonds. The van der Waals surface area contributed by atoms with Gasteiger partial charge in [-0.05, 0) is 43.0 Å². The first kappa shape index (κ1) is 19.4. The predicted molar refractivity (Wildman–Crippen MR) is 95.3 cm³/mol. The number of carbonyl (C=O) groups is 1. The highest BCUT2D eigenvalue weighted by Crippen LogP contribution is 2.35. The quantitative estimate of drug-likeness (QED) is 0.614. The molecule has 1 aromatic carbocycles. The Morgan fingerprint density at radius 3 is 2.48 bits per heavy atom. The van der Waals surface area contributed by atoms with Crippen LogP contribution in [0.2, 0.25) is 0 Å². The van der Waals surface area contributed by atoms with Crippen molar-refractivity contribution in [1.82, 2.24) is 14.9 Å². The van der Waals surface area contributed by atoms with Crippen molar-refractivity contribution in [2.75, 3.05) is 13.1 Å². The lowest BCUT2D eigenvalue weighted by Crippen LogP contribution is -2.38. The molecular weight excluding hydrogens is 393 g/mol. The van der Waals surface area contributed by atoms with Gasteiger partial charge in [0, 0.05) is 35.8 Å². The van der Waals surface area contributed by atoms with Gasteiger partial charge in [-0.2, -0.15) is 13.2 Å². The number of carbonyl (C=O) groups excluding carboxylic acids is 1. The maximum Gasteiger partial charge on any atom is 0.419 e. The van der Waals surface area contributed by atoms with Crippen LogP contribution in [0.4, 0.5) is 22.0 Å². The van der Waals surface area contributed by atoms with Crippen molar-refractivity contribution in [2.45, 2.75) is 24.9 Å². The average molecular weight is 409 g/mol. The number of hydrogen-bond acceptors (Lipinski definition) is 2. The molecule has 9 heteroatoms. The molecule has 29 heavy (non-hydrogen) atoms. The third kappa shape index (κ3) is 3.56. The van der Waals surface area contributed by atoms with Crippen LogP contribution in [0.1, 0.15) is 40.2 Å². The number of hydrogen-bond donors (Lipinski definition) is 1. The maximum atomic E-state index is 14.4. The zero-order valence-corrected chi connectivity index (χ0v) is 15.1. The first-order chi connectivity index (χ1) is 13.8. The number of benzene rings is 1. The SMILES string of the molecule is O=C(c1ccc(C(F)(F)F)c(F)c1)N1CCC(c2c(F)cnc3[nH]ccc23)CC1.